The second kappa shape index (κ2) is 4.17. The Morgan fingerprint density at radius 2 is 1.81 bits per heavy atom. The van der Waals surface area contributed by atoms with Crippen molar-refractivity contribution in [1.29, 1.82) is 0 Å². The van der Waals surface area contributed by atoms with Crippen LogP contribution in [0.5, 0.6) is 5.75 Å². The van der Waals surface area contributed by atoms with Crippen LogP contribution in [0.2, 0.25) is 0 Å². The zero-order valence-electron chi connectivity index (χ0n) is 10.4. The smallest absolute Gasteiger partial charge is 0.119 e. The summed E-state index contributed by atoms with van der Waals surface area (Å²) in [5, 5.41) is 2.60. The number of benzene rings is 2. The van der Waals surface area contributed by atoms with Gasteiger partial charge in [-0.15, -0.1) is 0 Å². The first-order valence-electron chi connectivity index (χ1n) is 5.70. The molecule has 0 N–H and O–H groups in total. The van der Waals surface area contributed by atoms with E-state index in [1.165, 1.54) is 21.9 Å². The van der Waals surface area contributed by atoms with Crippen molar-refractivity contribution in [3.63, 3.8) is 0 Å². The molecule has 0 heterocycles. The highest BCUT2D eigenvalue weighted by atomic mass is 16.5. The molecule has 0 radical (unpaired) electrons. The van der Waals surface area contributed by atoms with Crippen molar-refractivity contribution >= 4 is 10.8 Å². The van der Waals surface area contributed by atoms with Crippen LogP contribution in [0, 0.1) is 6.92 Å². The lowest BCUT2D eigenvalue weighted by Crippen LogP contribution is -1.92. The van der Waals surface area contributed by atoms with Gasteiger partial charge in [-0.3, -0.25) is 0 Å². The summed E-state index contributed by atoms with van der Waals surface area (Å²) >= 11 is 0. The largest absolute Gasteiger partial charge is 0.497 e. The van der Waals surface area contributed by atoms with Crippen LogP contribution in [0.4, 0.5) is 0 Å². The molecule has 0 aliphatic rings. The van der Waals surface area contributed by atoms with E-state index in [1.807, 2.05) is 6.07 Å². The van der Waals surface area contributed by atoms with Crippen molar-refractivity contribution in [2.24, 2.45) is 0 Å². The lowest BCUT2D eigenvalue weighted by atomic mass is 9.94. The Morgan fingerprint density at radius 1 is 1.06 bits per heavy atom. The van der Waals surface area contributed by atoms with E-state index in [4.69, 9.17) is 4.74 Å². The predicted octanol–water partition coefficient (Wildman–Crippen LogP) is 4.28. The summed E-state index contributed by atoms with van der Waals surface area (Å²) in [5.41, 5.74) is 2.72. The van der Waals surface area contributed by atoms with Gasteiger partial charge < -0.3 is 4.74 Å². The molecule has 0 saturated carbocycles. The van der Waals surface area contributed by atoms with Crippen LogP contribution in [0.15, 0.2) is 30.3 Å². The zero-order valence-corrected chi connectivity index (χ0v) is 10.4. The van der Waals surface area contributed by atoms with E-state index in [0.717, 1.165) is 5.75 Å². The SMILES string of the molecule is COc1ccc2c(C(C)C)cc(C)cc2c1. The minimum atomic E-state index is 0.552. The topological polar surface area (TPSA) is 9.23 Å². The third kappa shape index (κ3) is 1.90. The van der Waals surface area contributed by atoms with Gasteiger partial charge in [-0.05, 0) is 41.3 Å². The quantitative estimate of drug-likeness (QED) is 0.725. The Kier molecular flexibility index (Phi) is 2.86. The maximum Gasteiger partial charge on any atom is 0.119 e. The summed E-state index contributed by atoms with van der Waals surface area (Å²) in [7, 11) is 1.71. The minimum absolute atomic E-state index is 0.552. The number of hydrogen-bond donors (Lipinski definition) is 0. The lowest BCUT2D eigenvalue weighted by Gasteiger charge is -2.12. The Hall–Kier alpha value is -1.50. The van der Waals surface area contributed by atoms with Crippen molar-refractivity contribution < 1.29 is 4.74 Å². The molecule has 16 heavy (non-hydrogen) atoms. The van der Waals surface area contributed by atoms with Gasteiger partial charge in [0.1, 0.15) is 5.75 Å². The highest BCUT2D eigenvalue weighted by Crippen LogP contribution is 2.29. The molecule has 2 rings (SSSR count). The molecule has 0 atom stereocenters. The Labute approximate surface area is 97.1 Å². The zero-order chi connectivity index (χ0) is 11.7. The molecular formula is C15H18O. The number of ether oxygens (including phenoxy) is 1. The molecule has 0 fully saturated rings. The van der Waals surface area contributed by atoms with Gasteiger partial charge in [-0.2, -0.15) is 0 Å². The highest BCUT2D eigenvalue weighted by molar-refractivity contribution is 5.88. The van der Waals surface area contributed by atoms with Gasteiger partial charge in [-0.1, -0.05) is 37.6 Å². The molecule has 0 aliphatic carbocycles. The summed E-state index contributed by atoms with van der Waals surface area (Å²) < 4.78 is 5.26. The fourth-order valence-electron chi connectivity index (χ4n) is 2.14. The third-order valence-electron chi connectivity index (χ3n) is 2.96. The molecule has 1 heteroatoms. The number of rotatable bonds is 2. The molecule has 0 aromatic heterocycles. The normalized spacial score (nSPS) is 11.1. The van der Waals surface area contributed by atoms with Gasteiger partial charge in [0.15, 0.2) is 0 Å². The third-order valence-corrected chi connectivity index (χ3v) is 2.96. The Bertz CT molecular complexity index is 512. The van der Waals surface area contributed by atoms with Crippen LogP contribution in [0.25, 0.3) is 10.8 Å². The number of fused-ring (bicyclic) bond motifs is 1. The van der Waals surface area contributed by atoms with Crippen LogP contribution in [-0.2, 0) is 0 Å². The van der Waals surface area contributed by atoms with Gasteiger partial charge in [0, 0.05) is 0 Å². The maximum absolute atomic E-state index is 5.26. The molecule has 0 aliphatic heterocycles. The first kappa shape index (κ1) is 11.0. The molecule has 0 spiro atoms. The van der Waals surface area contributed by atoms with Crippen molar-refractivity contribution in [1.82, 2.24) is 0 Å². The van der Waals surface area contributed by atoms with Gasteiger partial charge in [-0.25, -0.2) is 0 Å². The van der Waals surface area contributed by atoms with Gasteiger partial charge in [0.05, 0.1) is 7.11 Å². The highest BCUT2D eigenvalue weighted by Gasteiger charge is 2.06. The average Bonchev–Trinajstić information content (AvgIpc) is 2.26. The Morgan fingerprint density at radius 3 is 2.44 bits per heavy atom. The minimum Gasteiger partial charge on any atom is -0.497 e. The van der Waals surface area contributed by atoms with E-state index in [0.29, 0.717) is 5.92 Å². The van der Waals surface area contributed by atoms with Gasteiger partial charge in [0.2, 0.25) is 0 Å². The lowest BCUT2D eigenvalue weighted by molar-refractivity contribution is 0.415. The molecule has 0 amide bonds. The second-order valence-corrected chi connectivity index (χ2v) is 4.60. The Balaban J connectivity index is 2.73. The standard InChI is InChI=1S/C15H18O/c1-10(2)15-8-11(3)7-12-9-13(16-4)5-6-14(12)15/h5-10H,1-4H3. The van der Waals surface area contributed by atoms with Crippen molar-refractivity contribution in [2.75, 3.05) is 7.11 Å². The van der Waals surface area contributed by atoms with E-state index < -0.39 is 0 Å². The monoisotopic (exact) mass is 214 g/mol. The van der Waals surface area contributed by atoms with E-state index >= 15 is 0 Å². The van der Waals surface area contributed by atoms with Crippen LogP contribution in [0.3, 0.4) is 0 Å². The predicted molar refractivity (Wildman–Crippen MR) is 69.3 cm³/mol. The first-order valence-corrected chi connectivity index (χ1v) is 5.70. The molecule has 2 aromatic rings. The van der Waals surface area contributed by atoms with E-state index in [-0.39, 0.29) is 0 Å². The van der Waals surface area contributed by atoms with E-state index in [1.54, 1.807) is 7.11 Å². The van der Waals surface area contributed by atoms with Gasteiger partial charge >= 0.3 is 0 Å². The summed E-state index contributed by atoms with van der Waals surface area (Å²) in [4.78, 5) is 0. The summed E-state index contributed by atoms with van der Waals surface area (Å²) in [6.45, 7) is 6.61. The fourth-order valence-corrected chi connectivity index (χ4v) is 2.14. The molecule has 84 valence electrons. The number of hydrogen-bond acceptors (Lipinski definition) is 1. The van der Waals surface area contributed by atoms with Crippen LogP contribution < -0.4 is 4.74 Å². The van der Waals surface area contributed by atoms with E-state index in [9.17, 15) is 0 Å². The fraction of sp³-hybridized carbons (Fsp3) is 0.333. The summed E-state index contributed by atoms with van der Waals surface area (Å²) in [6, 6.07) is 10.8. The average molecular weight is 214 g/mol. The van der Waals surface area contributed by atoms with Crippen molar-refractivity contribution in [3.05, 3.63) is 41.5 Å². The molecule has 0 saturated heterocycles. The van der Waals surface area contributed by atoms with Gasteiger partial charge in [0.25, 0.3) is 0 Å². The molecular weight excluding hydrogens is 196 g/mol. The van der Waals surface area contributed by atoms with E-state index in [2.05, 4.69) is 45.0 Å². The second-order valence-electron chi connectivity index (χ2n) is 4.60. The summed E-state index contributed by atoms with van der Waals surface area (Å²) in [6.07, 6.45) is 0. The molecule has 1 nitrogen and oxygen atoms in total. The van der Waals surface area contributed by atoms with Crippen LogP contribution in [0.1, 0.15) is 30.9 Å². The van der Waals surface area contributed by atoms with Crippen molar-refractivity contribution in [2.45, 2.75) is 26.7 Å². The first-order chi connectivity index (χ1) is 7.61. The summed E-state index contributed by atoms with van der Waals surface area (Å²) in [5.74, 6) is 1.48. The van der Waals surface area contributed by atoms with Crippen LogP contribution >= 0.6 is 0 Å². The molecule has 0 unspecified atom stereocenters. The number of methoxy groups -OCH3 is 1. The van der Waals surface area contributed by atoms with Crippen molar-refractivity contribution in [3.8, 4) is 5.75 Å². The number of aryl methyl sites for hydroxylation is 1. The maximum atomic E-state index is 5.26. The molecule has 0 bridgehead atoms. The van der Waals surface area contributed by atoms with Crippen LogP contribution in [-0.4, -0.2) is 7.11 Å². The molecule has 2 aromatic carbocycles.